The first-order chi connectivity index (χ1) is 16.4. The molecule has 1 heterocycles. The molecule has 8 nitrogen and oxygen atoms in total. The lowest BCUT2D eigenvalue weighted by atomic mass is 9.95. The molecule has 0 aromatic heterocycles. The third kappa shape index (κ3) is 4.20. The molecule has 1 aliphatic carbocycles. The van der Waals surface area contributed by atoms with Gasteiger partial charge in [0.05, 0.1) is 32.9 Å². The molecule has 4 rings (SSSR count). The Morgan fingerprint density at radius 1 is 1.00 bits per heavy atom. The minimum Gasteiger partial charge on any atom is -0.493 e. The van der Waals surface area contributed by atoms with E-state index in [0.29, 0.717) is 54.3 Å². The second kappa shape index (κ2) is 9.75. The number of rotatable bonds is 5. The van der Waals surface area contributed by atoms with Crippen LogP contribution in [0.5, 0.6) is 17.2 Å². The van der Waals surface area contributed by atoms with Gasteiger partial charge in [0.15, 0.2) is 16.9 Å². The summed E-state index contributed by atoms with van der Waals surface area (Å²) in [7, 11) is 4.66. The largest absolute Gasteiger partial charge is 0.493 e. The van der Waals surface area contributed by atoms with Crippen molar-refractivity contribution in [1.29, 1.82) is 0 Å². The molecule has 0 radical (unpaired) electrons. The van der Waals surface area contributed by atoms with E-state index in [1.54, 1.807) is 31.3 Å². The van der Waals surface area contributed by atoms with Gasteiger partial charge < -0.3 is 24.4 Å². The molecular weight excluding hydrogens is 436 g/mol. The number of nitrogens with one attached hydrogen (secondary N) is 1. The van der Waals surface area contributed by atoms with Crippen molar-refractivity contribution in [2.45, 2.75) is 38.6 Å². The highest BCUT2D eigenvalue weighted by Gasteiger charge is 2.30. The van der Waals surface area contributed by atoms with Crippen molar-refractivity contribution in [1.82, 2.24) is 10.2 Å². The molecule has 0 unspecified atom stereocenters. The SMILES string of the molecule is COc1cc2c(c(OC)c1OC)-c1ccc(C(=O)N3CCCC3)c(=O)cc1[C@@H](NC(C)=O)CC2. The molecule has 1 atom stereocenters. The maximum Gasteiger partial charge on any atom is 0.257 e. The Morgan fingerprint density at radius 3 is 2.32 bits per heavy atom. The zero-order chi connectivity index (χ0) is 24.4. The van der Waals surface area contributed by atoms with E-state index in [-0.39, 0.29) is 22.8 Å². The fourth-order valence-corrected chi connectivity index (χ4v) is 4.97. The lowest BCUT2D eigenvalue weighted by Crippen LogP contribution is -2.31. The van der Waals surface area contributed by atoms with Crippen LogP contribution in [0.25, 0.3) is 11.1 Å². The van der Waals surface area contributed by atoms with Crippen molar-refractivity contribution in [3.05, 3.63) is 51.2 Å². The van der Waals surface area contributed by atoms with Crippen molar-refractivity contribution in [2.24, 2.45) is 0 Å². The van der Waals surface area contributed by atoms with Gasteiger partial charge in [0.2, 0.25) is 11.7 Å². The minimum atomic E-state index is -0.406. The van der Waals surface area contributed by atoms with Crippen molar-refractivity contribution in [3.8, 4) is 28.4 Å². The number of fused-ring (bicyclic) bond motifs is 3. The highest BCUT2D eigenvalue weighted by atomic mass is 16.5. The van der Waals surface area contributed by atoms with Gasteiger partial charge in [-0.05, 0) is 60.6 Å². The Hall–Kier alpha value is -3.55. The number of methoxy groups -OCH3 is 3. The number of ether oxygens (including phenoxy) is 3. The lowest BCUT2D eigenvalue weighted by molar-refractivity contribution is -0.119. The van der Waals surface area contributed by atoms with Gasteiger partial charge in [0.1, 0.15) is 0 Å². The number of amides is 2. The molecule has 1 saturated heterocycles. The molecule has 8 heteroatoms. The van der Waals surface area contributed by atoms with E-state index >= 15 is 0 Å². The smallest absolute Gasteiger partial charge is 0.257 e. The lowest BCUT2D eigenvalue weighted by Gasteiger charge is -2.19. The van der Waals surface area contributed by atoms with E-state index in [0.717, 1.165) is 24.0 Å². The Bertz CT molecular complexity index is 1190. The predicted molar refractivity (Wildman–Crippen MR) is 128 cm³/mol. The van der Waals surface area contributed by atoms with Gasteiger partial charge in [-0.15, -0.1) is 0 Å². The number of carbonyl (C=O) groups is 2. The summed E-state index contributed by atoms with van der Waals surface area (Å²) < 4.78 is 16.9. The van der Waals surface area contributed by atoms with Crippen molar-refractivity contribution >= 4 is 11.8 Å². The number of nitrogens with zero attached hydrogens (tertiary/aromatic N) is 1. The number of aryl methyl sites for hydroxylation is 1. The van der Waals surface area contributed by atoms with E-state index in [2.05, 4.69) is 5.32 Å². The third-order valence-corrected chi connectivity index (χ3v) is 6.54. The van der Waals surface area contributed by atoms with Crippen molar-refractivity contribution < 1.29 is 23.8 Å². The first-order valence-electron chi connectivity index (χ1n) is 11.5. The zero-order valence-corrected chi connectivity index (χ0v) is 20.0. The van der Waals surface area contributed by atoms with E-state index in [1.807, 2.05) is 6.07 Å². The Morgan fingerprint density at radius 2 is 1.71 bits per heavy atom. The number of hydrogen-bond donors (Lipinski definition) is 1. The van der Waals surface area contributed by atoms with Crippen LogP contribution in [0.3, 0.4) is 0 Å². The van der Waals surface area contributed by atoms with Crippen LogP contribution < -0.4 is 25.0 Å². The van der Waals surface area contributed by atoms with Gasteiger partial charge in [-0.1, -0.05) is 6.07 Å². The van der Waals surface area contributed by atoms with Crippen LogP contribution >= 0.6 is 0 Å². The first kappa shape index (κ1) is 23.6. The van der Waals surface area contributed by atoms with Crippen LogP contribution in [0.2, 0.25) is 0 Å². The molecule has 34 heavy (non-hydrogen) atoms. The molecule has 0 bridgehead atoms. The second-order valence-corrected chi connectivity index (χ2v) is 8.60. The van der Waals surface area contributed by atoms with Gasteiger partial charge in [-0.3, -0.25) is 14.4 Å². The standard InChI is InChI=1S/C26H30N2O6/c1-15(29)27-20-10-7-16-13-22(32-2)24(33-3)25(34-4)23(16)17-8-9-18(21(30)14-19(17)20)26(31)28-11-5-6-12-28/h8-9,13-14,20H,5-7,10-12H2,1-4H3,(H,27,29)/t20-/m0/s1. The van der Waals surface area contributed by atoms with Gasteiger partial charge in [-0.2, -0.15) is 0 Å². The fraction of sp³-hybridized carbons (Fsp3) is 0.423. The summed E-state index contributed by atoms with van der Waals surface area (Å²) in [5.74, 6) is 0.995. The maximum absolute atomic E-state index is 13.3. The number of hydrogen-bond acceptors (Lipinski definition) is 6. The topological polar surface area (TPSA) is 94.2 Å². The molecule has 1 fully saturated rings. The average Bonchev–Trinajstić information content (AvgIpc) is 3.26. The molecule has 180 valence electrons. The normalized spacial score (nSPS) is 16.7. The van der Waals surface area contributed by atoms with Crippen LogP contribution in [0.1, 0.15) is 53.7 Å². The number of likely N-dealkylation sites (tertiary alicyclic amines) is 1. The van der Waals surface area contributed by atoms with Crippen LogP contribution in [0, 0.1) is 0 Å². The summed E-state index contributed by atoms with van der Waals surface area (Å²) in [6.07, 6.45) is 3.05. The van der Waals surface area contributed by atoms with E-state index in [1.165, 1.54) is 20.1 Å². The highest BCUT2D eigenvalue weighted by Crippen LogP contribution is 2.50. The Labute approximate surface area is 198 Å². The third-order valence-electron chi connectivity index (χ3n) is 6.54. The molecule has 2 amide bonds. The second-order valence-electron chi connectivity index (χ2n) is 8.60. The minimum absolute atomic E-state index is 0.123. The molecule has 1 N–H and O–H groups in total. The quantitative estimate of drug-likeness (QED) is 0.728. The van der Waals surface area contributed by atoms with Crippen molar-refractivity contribution in [2.75, 3.05) is 34.4 Å². The van der Waals surface area contributed by atoms with Crippen LogP contribution in [-0.4, -0.2) is 51.1 Å². The molecule has 2 aromatic carbocycles. The maximum atomic E-state index is 13.3. The summed E-state index contributed by atoms with van der Waals surface area (Å²) in [4.78, 5) is 40.1. The van der Waals surface area contributed by atoms with Crippen LogP contribution in [-0.2, 0) is 11.2 Å². The first-order valence-corrected chi connectivity index (χ1v) is 11.5. The Kier molecular flexibility index (Phi) is 6.77. The Balaban J connectivity index is 2.00. The fourth-order valence-electron chi connectivity index (χ4n) is 4.97. The molecule has 1 aliphatic heterocycles. The highest BCUT2D eigenvalue weighted by molar-refractivity contribution is 5.95. The van der Waals surface area contributed by atoms with Gasteiger partial charge in [0, 0.05) is 25.6 Å². The zero-order valence-electron chi connectivity index (χ0n) is 20.0. The monoisotopic (exact) mass is 466 g/mol. The average molecular weight is 467 g/mol. The van der Waals surface area contributed by atoms with Crippen LogP contribution in [0.4, 0.5) is 0 Å². The number of benzene rings is 1. The molecule has 0 spiro atoms. The van der Waals surface area contributed by atoms with E-state index in [9.17, 15) is 14.4 Å². The van der Waals surface area contributed by atoms with Gasteiger partial charge >= 0.3 is 0 Å². The summed E-state index contributed by atoms with van der Waals surface area (Å²) in [6.45, 7) is 2.76. The van der Waals surface area contributed by atoms with Gasteiger partial charge in [-0.25, -0.2) is 0 Å². The number of carbonyl (C=O) groups excluding carboxylic acids is 2. The molecular formula is C26H30N2O6. The molecule has 2 aromatic rings. The summed E-state index contributed by atoms with van der Waals surface area (Å²) in [5, 5.41) is 2.98. The van der Waals surface area contributed by atoms with Crippen molar-refractivity contribution in [3.63, 3.8) is 0 Å². The van der Waals surface area contributed by atoms with Crippen LogP contribution in [0.15, 0.2) is 29.1 Å². The van der Waals surface area contributed by atoms with Gasteiger partial charge in [0.25, 0.3) is 5.91 Å². The summed E-state index contributed by atoms with van der Waals surface area (Å²) in [5.41, 5.74) is 2.81. The predicted octanol–water partition coefficient (Wildman–Crippen LogP) is 3.10. The van der Waals surface area contributed by atoms with E-state index < -0.39 is 6.04 Å². The summed E-state index contributed by atoms with van der Waals surface area (Å²) in [6, 6.07) is 6.37. The molecule has 2 aliphatic rings. The molecule has 0 saturated carbocycles. The summed E-state index contributed by atoms with van der Waals surface area (Å²) >= 11 is 0. The van der Waals surface area contributed by atoms with E-state index in [4.69, 9.17) is 14.2 Å².